The number of carbonyl (C=O) groups excluding carboxylic acids is 1. The van der Waals surface area contributed by atoms with Crippen LogP contribution in [0.2, 0.25) is 0 Å². The number of aryl methyl sites for hydroxylation is 2. The summed E-state index contributed by atoms with van der Waals surface area (Å²) in [5.41, 5.74) is 3.07. The Labute approximate surface area is 112 Å². The van der Waals surface area contributed by atoms with Crippen LogP contribution in [0.25, 0.3) is 10.9 Å². The van der Waals surface area contributed by atoms with Crippen LogP contribution >= 0.6 is 0 Å². The number of benzene rings is 1. The predicted molar refractivity (Wildman–Crippen MR) is 74.4 cm³/mol. The Kier molecular flexibility index (Phi) is 3.03. The third kappa shape index (κ3) is 2.02. The summed E-state index contributed by atoms with van der Waals surface area (Å²) in [4.78, 5) is 14.4. The van der Waals surface area contributed by atoms with Crippen molar-refractivity contribution < 1.29 is 9.53 Å². The maximum absolute atomic E-state index is 12.6. The Bertz CT molecular complexity index is 624. The molecule has 1 aliphatic rings. The number of carbonyl (C=O) groups is 1. The first-order valence-corrected chi connectivity index (χ1v) is 6.60. The van der Waals surface area contributed by atoms with Crippen LogP contribution in [0, 0.1) is 6.92 Å². The Balaban J connectivity index is 2.02. The highest BCUT2D eigenvalue weighted by molar-refractivity contribution is 5.99. The van der Waals surface area contributed by atoms with E-state index in [-0.39, 0.29) is 5.91 Å². The highest BCUT2D eigenvalue weighted by Crippen LogP contribution is 2.23. The Hall–Kier alpha value is -1.81. The maximum Gasteiger partial charge on any atom is 0.270 e. The fourth-order valence-corrected chi connectivity index (χ4v) is 2.64. The molecule has 2 heterocycles. The van der Waals surface area contributed by atoms with E-state index in [9.17, 15) is 4.79 Å². The number of nitrogens with zero attached hydrogens (tertiary/aromatic N) is 2. The van der Waals surface area contributed by atoms with Gasteiger partial charge in [-0.05, 0) is 24.6 Å². The summed E-state index contributed by atoms with van der Waals surface area (Å²) in [5, 5.41) is 1.15. The van der Waals surface area contributed by atoms with Crippen molar-refractivity contribution in [2.24, 2.45) is 7.05 Å². The molecule has 0 radical (unpaired) electrons. The molecule has 1 saturated heterocycles. The van der Waals surface area contributed by atoms with Crippen LogP contribution in [-0.2, 0) is 11.8 Å². The van der Waals surface area contributed by atoms with Gasteiger partial charge in [0.15, 0.2) is 0 Å². The van der Waals surface area contributed by atoms with Gasteiger partial charge in [0.1, 0.15) is 5.69 Å². The van der Waals surface area contributed by atoms with Crippen molar-refractivity contribution in [1.29, 1.82) is 0 Å². The SMILES string of the molecule is Cc1cccc2c1cc(C(=O)N1CCOCC1)n2C. The van der Waals surface area contributed by atoms with Gasteiger partial charge in [-0.2, -0.15) is 0 Å². The van der Waals surface area contributed by atoms with Crippen molar-refractivity contribution in [3.05, 3.63) is 35.5 Å². The number of morpholine rings is 1. The molecule has 3 rings (SSSR count). The van der Waals surface area contributed by atoms with E-state index in [0.29, 0.717) is 26.3 Å². The molecule has 100 valence electrons. The Morgan fingerprint density at radius 3 is 2.68 bits per heavy atom. The summed E-state index contributed by atoms with van der Waals surface area (Å²) in [6.45, 7) is 4.70. The highest BCUT2D eigenvalue weighted by atomic mass is 16.5. The minimum absolute atomic E-state index is 0.0985. The number of amides is 1. The van der Waals surface area contributed by atoms with Crippen LogP contribution in [0.1, 0.15) is 16.1 Å². The largest absolute Gasteiger partial charge is 0.378 e. The molecule has 1 aromatic heterocycles. The third-order valence-electron chi connectivity index (χ3n) is 3.82. The second-order valence-corrected chi connectivity index (χ2v) is 5.00. The normalized spacial score (nSPS) is 16.0. The average molecular weight is 258 g/mol. The lowest BCUT2D eigenvalue weighted by Crippen LogP contribution is -2.41. The predicted octanol–water partition coefficient (Wildman–Crippen LogP) is 1.96. The zero-order valence-corrected chi connectivity index (χ0v) is 11.3. The summed E-state index contributed by atoms with van der Waals surface area (Å²) in [6.07, 6.45) is 0. The van der Waals surface area contributed by atoms with Crippen molar-refractivity contribution in [2.45, 2.75) is 6.92 Å². The van der Waals surface area contributed by atoms with Crippen LogP contribution in [0.3, 0.4) is 0 Å². The van der Waals surface area contributed by atoms with E-state index in [0.717, 1.165) is 16.6 Å². The molecular weight excluding hydrogens is 240 g/mol. The van der Waals surface area contributed by atoms with Gasteiger partial charge in [-0.1, -0.05) is 12.1 Å². The number of aromatic nitrogens is 1. The van der Waals surface area contributed by atoms with E-state index in [1.54, 1.807) is 0 Å². The lowest BCUT2D eigenvalue weighted by Gasteiger charge is -2.26. The van der Waals surface area contributed by atoms with Crippen molar-refractivity contribution in [1.82, 2.24) is 9.47 Å². The van der Waals surface area contributed by atoms with Gasteiger partial charge in [-0.3, -0.25) is 4.79 Å². The summed E-state index contributed by atoms with van der Waals surface area (Å²) < 4.78 is 7.28. The molecule has 0 N–H and O–H groups in total. The number of rotatable bonds is 1. The number of fused-ring (bicyclic) bond motifs is 1. The van der Waals surface area contributed by atoms with Crippen LogP contribution in [0.4, 0.5) is 0 Å². The van der Waals surface area contributed by atoms with E-state index in [1.807, 2.05) is 28.6 Å². The van der Waals surface area contributed by atoms with Gasteiger partial charge in [0, 0.05) is 31.0 Å². The van der Waals surface area contributed by atoms with E-state index >= 15 is 0 Å². The van der Waals surface area contributed by atoms with Crippen molar-refractivity contribution in [3.63, 3.8) is 0 Å². The van der Waals surface area contributed by atoms with E-state index in [4.69, 9.17) is 4.74 Å². The third-order valence-corrected chi connectivity index (χ3v) is 3.82. The molecule has 1 amide bonds. The second kappa shape index (κ2) is 4.70. The zero-order valence-electron chi connectivity index (χ0n) is 11.3. The molecule has 4 nitrogen and oxygen atoms in total. The molecule has 1 aliphatic heterocycles. The first-order valence-electron chi connectivity index (χ1n) is 6.60. The first-order chi connectivity index (χ1) is 9.18. The number of hydrogen-bond donors (Lipinski definition) is 0. The molecule has 4 heteroatoms. The van der Waals surface area contributed by atoms with E-state index < -0.39 is 0 Å². The van der Waals surface area contributed by atoms with Crippen molar-refractivity contribution in [3.8, 4) is 0 Å². The van der Waals surface area contributed by atoms with Crippen LogP contribution in [-0.4, -0.2) is 41.7 Å². The van der Waals surface area contributed by atoms with Crippen molar-refractivity contribution >= 4 is 16.8 Å². The summed E-state index contributed by atoms with van der Waals surface area (Å²) >= 11 is 0. The van der Waals surface area contributed by atoms with Gasteiger partial charge >= 0.3 is 0 Å². The molecule has 0 aliphatic carbocycles. The van der Waals surface area contributed by atoms with Gasteiger partial charge in [0.05, 0.1) is 13.2 Å². The monoisotopic (exact) mass is 258 g/mol. The zero-order chi connectivity index (χ0) is 13.4. The summed E-state index contributed by atoms with van der Waals surface area (Å²) in [6, 6.07) is 8.16. The molecule has 2 aromatic rings. The van der Waals surface area contributed by atoms with E-state index in [1.165, 1.54) is 5.56 Å². The summed E-state index contributed by atoms with van der Waals surface area (Å²) in [7, 11) is 1.95. The average Bonchev–Trinajstić information content (AvgIpc) is 2.78. The number of ether oxygens (including phenoxy) is 1. The molecule has 0 atom stereocenters. The van der Waals surface area contributed by atoms with Crippen LogP contribution in [0.15, 0.2) is 24.3 Å². The minimum Gasteiger partial charge on any atom is -0.378 e. The highest BCUT2D eigenvalue weighted by Gasteiger charge is 2.22. The second-order valence-electron chi connectivity index (χ2n) is 5.00. The Morgan fingerprint density at radius 2 is 2.00 bits per heavy atom. The quantitative estimate of drug-likeness (QED) is 0.783. The molecule has 1 fully saturated rings. The minimum atomic E-state index is 0.0985. The molecule has 0 bridgehead atoms. The lowest BCUT2D eigenvalue weighted by molar-refractivity contribution is 0.0297. The summed E-state index contributed by atoms with van der Waals surface area (Å²) in [5.74, 6) is 0.0985. The molecule has 0 saturated carbocycles. The number of hydrogen-bond acceptors (Lipinski definition) is 2. The fraction of sp³-hybridized carbons (Fsp3) is 0.400. The van der Waals surface area contributed by atoms with Gasteiger partial charge < -0.3 is 14.2 Å². The maximum atomic E-state index is 12.6. The molecule has 19 heavy (non-hydrogen) atoms. The van der Waals surface area contributed by atoms with Gasteiger partial charge in [0.25, 0.3) is 5.91 Å². The van der Waals surface area contributed by atoms with Gasteiger partial charge in [-0.25, -0.2) is 0 Å². The first kappa shape index (κ1) is 12.2. The van der Waals surface area contributed by atoms with Crippen molar-refractivity contribution in [2.75, 3.05) is 26.3 Å². The molecular formula is C15H18N2O2. The van der Waals surface area contributed by atoms with Crippen LogP contribution in [0.5, 0.6) is 0 Å². The van der Waals surface area contributed by atoms with Gasteiger partial charge in [-0.15, -0.1) is 0 Å². The fourth-order valence-electron chi connectivity index (χ4n) is 2.64. The standard InChI is InChI=1S/C15H18N2O2/c1-11-4-3-5-13-12(11)10-14(16(13)2)15(18)17-6-8-19-9-7-17/h3-5,10H,6-9H2,1-2H3. The van der Waals surface area contributed by atoms with Gasteiger partial charge in [0.2, 0.25) is 0 Å². The molecule has 1 aromatic carbocycles. The smallest absolute Gasteiger partial charge is 0.270 e. The topological polar surface area (TPSA) is 34.5 Å². The molecule has 0 unspecified atom stereocenters. The molecule has 0 spiro atoms. The van der Waals surface area contributed by atoms with E-state index in [2.05, 4.69) is 19.1 Å². The lowest BCUT2D eigenvalue weighted by atomic mass is 10.1. The van der Waals surface area contributed by atoms with Crippen LogP contribution < -0.4 is 0 Å². The Morgan fingerprint density at radius 1 is 1.26 bits per heavy atom.